The molecule has 1 atom stereocenters. The summed E-state index contributed by atoms with van der Waals surface area (Å²) in [5.41, 5.74) is 1.12. The number of carbonyl (C=O) groups is 1. The summed E-state index contributed by atoms with van der Waals surface area (Å²) in [5, 5.41) is 8.99. The van der Waals surface area contributed by atoms with Gasteiger partial charge < -0.3 is 14.7 Å². The van der Waals surface area contributed by atoms with Crippen LogP contribution >= 0.6 is 0 Å². The van der Waals surface area contributed by atoms with Gasteiger partial charge in [0.25, 0.3) is 0 Å². The summed E-state index contributed by atoms with van der Waals surface area (Å²) in [6.07, 6.45) is 1.10. The number of ether oxygens (including phenoxy) is 1. The van der Waals surface area contributed by atoms with E-state index in [0.717, 1.165) is 44.0 Å². The summed E-state index contributed by atoms with van der Waals surface area (Å²) in [6.45, 7) is 5.64. The molecule has 2 rings (SSSR count). The number of anilines is 1. The molecule has 1 aliphatic rings. The van der Waals surface area contributed by atoms with Crippen LogP contribution in [0.3, 0.4) is 0 Å². The Hall–Kier alpha value is -1.75. The van der Waals surface area contributed by atoms with Crippen molar-refractivity contribution in [3.63, 3.8) is 0 Å². The average molecular weight is 292 g/mol. The second-order valence-corrected chi connectivity index (χ2v) is 5.35. The molecule has 1 unspecified atom stereocenters. The van der Waals surface area contributed by atoms with Crippen molar-refractivity contribution in [1.29, 1.82) is 0 Å². The van der Waals surface area contributed by atoms with E-state index in [2.05, 4.69) is 22.8 Å². The first-order valence-corrected chi connectivity index (χ1v) is 7.49. The fraction of sp³-hybridized carbons (Fsp3) is 0.562. The summed E-state index contributed by atoms with van der Waals surface area (Å²) < 4.78 is 5.41. The van der Waals surface area contributed by atoms with Crippen molar-refractivity contribution >= 4 is 11.7 Å². The number of methoxy groups -OCH3 is 1. The van der Waals surface area contributed by atoms with E-state index in [9.17, 15) is 4.79 Å². The zero-order valence-electron chi connectivity index (χ0n) is 12.8. The minimum atomic E-state index is -0.714. The molecule has 0 radical (unpaired) electrons. The monoisotopic (exact) mass is 292 g/mol. The summed E-state index contributed by atoms with van der Waals surface area (Å²) >= 11 is 0. The number of hydrogen-bond acceptors (Lipinski definition) is 4. The molecular weight excluding hydrogens is 268 g/mol. The lowest BCUT2D eigenvalue weighted by Crippen LogP contribution is -2.50. The number of piperazine rings is 1. The Morgan fingerprint density at radius 1 is 1.29 bits per heavy atom. The van der Waals surface area contributed by atoms with Gasteiger partial charge in [-0.25, -0.2) is 0 Å². The van der Waals surface area contributed by atoms with Crippen LogP contribution in [0.25, 0.3) is 0 Å². The molecule has 0 spiro atoms. The minimum absolute atomic E-state index is 0.141. The highest BCUT2D eigenvalue weighted by Gasteiger charge is 2.25. The molecule has 0 aliphatic carbocycles. The van der Waals surface area contributed by atoms with Crippen molar-refractivity contribution in [3.05, 3.63) is 24.3 Å². The maximum atomic E-state index is 10.9. The molecule has 5 nitrogen and oxygen atoms in total. The van der Waals surface area contributed by atoms with Crippen LogP contribution in [0.2, 0.25) is 0 Å². The first-order chi connectivity index (χ1) is 10.2. The van der Waals surface area contributed by atoms with Gasteiger partial charge in [0, 0.05) is 32.2 Å². The van der Waals surface area contributed by atoms with Crippen LogP contribution in [0.5, 0.6) is 5.75 Å². The van der Waals surface area contributed by atoms with E-state index in [-0.39, 0.29) is 12.5 Å². The third-order valence-electron chi connectivity index (χ3n) is 4.14. The van der Waals surface area contributed by atoms with Gasteiger partial charge in [0.1, 0.15) is 5.75 Å². The van der Waals surface area contributed by atoms with Gasteiger partial charge in [-0.3, -0.25) is 9.69 Å². The average Bonchev–Trinajstić information content (AvgIpc) is 2.52. The van der Waals surface area contributed by atoms with E-state index in [1.54, 1.807) is 7.11 Å². The summed E-state index contributed by atoms with van der Waals surface area (Å²) in [6, 6.07) is 8.17. The molecular formula is C16H24N2O3. The fourth-order valence-corrected chi connectivity index (χ4v) is 2.95. The maximum absolute atomic E-state index is 10.9. The van der Waals surface area contributed by atoms with Gasteiger partial charge in [0.2, 0.25) is 0 Å². The van der Waals surface area contributed by atoms with Crippen LogP contribution in [0, 0.1) is 0 Å². The van der Waals surface area contributed by atoms with Gasteiger partial charge >= 0.3 is 5.97 Å². The lowest BCUT2D eigenvalue weighted by atomic mass is 10.1. The first-order valence-electron chi connectivity index (χ1n) is 7.49. The molecule has 116 valence electrons. The number of nitrogens with zero attached hydrogens (tertiary/aromatic N) is 2. The number of para-hydroxylation sites is 2. The lowest BCUT2D eigenvalue weighted by Gasteiger charge is -2.40. The summed E-state index contributed by atoms with van der Waals surface area (Å²) in [5.74, 6) is 0.178. The number of hydrogen-bond donors (Lipinski definition) is 1. The quantitative estimate of drug-likeness (QED) is 0.870. The Morgan fingerprint density at radius 3 is 2.52 bits per heavy atom. The Bertz CT molecular complexity index is 470. The molecule has 21 heavy (non-hydrogen) atoms. The van der Waals surface area contributed by atoms with E-state index in [1.807, 2.05) is 18.2 Å². The zero-order chi connectivity index (χ0) is 15.2. The highest BCUT2D eigenvalue weighted by molar-refractivity contribution is 5.67. The molecule has 1 aromatic carbocycles. The second-order valence-electron chi connectivity index (χ2n) is 5.35. The van der Waals surface area contributed by atoms with Gasteiger partial charge in [0.15, 0.2) is 0 Å². The van der Waals surface area contributed by atoms with E-state index < -0.39 is 5.97 Å². The van der Waals surface area contributed by atoms with Gasteiger partial charge in [-0.05, 0) is 18.6 Å². The van der Waals surface area contributed by atoms with Crippen LogP contribution in [-0.4, -0.2) is 55.3 Å². The van der Waals surface area contributed by atoms with Gasteiger partial charge in [-0.15, -0.1) is 0 Å². The highest BCUT2D eigenvalue weighted by Crippen LogP contribution is 2.28. The van der Waals surface area contributed by atoms with Gasteiger partial charge in [-0.2, -0.15) is 0 Å². The molecule has 1 aromatic rings. The molecule has 1 fully saturated rings. The maximum Gasteiger partial charge on any atom is 0.304 e. The number of rotatable bonds is 6. The molecule has 5 heteroatoms. The predicted molar refractivity (Wildman–Crippen MR) is 83.1 cm³/mol. The third kappa shape index (κ3) is 3.88. The lowest BCUT2D eigenvalue weighted by molar-refractivity contribution is -0.138. The number of carboxylic acids is 1. The molecule has 1 heterocycles. The van der Waals surface area contributed by atoms with E-state index in [4.69, 9.17) is 9.84 Å². The van der Waals surface area contributed by atoms with Gasteiger partial charge in [0.05, 0.1) is 19.2 Å². The number of carboxylic acid groups (broad SMARTS) is 1. The molecule has 1 N–H and O–H groups in total. The van der Waals surface area contributed by atoms with Crippen molar-refractivity contribution in [2.45, 2.75) is 25.8 Å². The molecule has 0 bridgehead atoms. The minimum Gasteiger partial charge on any atom is -0.495 e. The van der Waals surface area contributed by atoms with Gasteiger partial charge in [-0.1, -0.05) is 19.1 Å². The predicted octanol–water partition coefficient (Wildman–Crippen LogP) is 2.07. The zero-order valence-corrected chi connectivity index (χ0v) is 12.8. The SMILES string of the molecule is CCC(CC(=O)O)N1CCN(c2ccccc2OC)CC1. The van der Waals surface area contributed by atoms with Crippen molar-refractivity contribution in [1.82, 2.24) is 4.90 Å². The molecule has 0 amide bonds. The van der Waals surface area contributed by atoms with Crippen LogP contribution in [0.1, 0.15) is 19.8 Å². The fourth-order valence-electron chi connectivity index (χ4n) is 2.95. The van der Waals surface area contributed by atoms with Crippen molar-refractivity contribution in [2.24, 2.45) is 0 Å². The topological polar surface area (TPSA) is 53.0 Å². The van der Waals surface area contributed by atoms with Crippen LogP contribution < -0.4 is 9.64 Å². The van der Waals surface area contributed by atoms with Crippen molar-refractivity contribution in [2.75, 3.05) is 38.2 Å². The Morgan fingerprint density at radius 2 is 1.95 bits per heavy atom. The standard InChI is InChI=1S/C16H24N2O3/c1-3-13(12-16(19)20)17-8-10-18(11-9-17)14-6-4-5-7-15(14)21-2/h4-7,13H,3,8-12H2,1-2H3,(H,19,20). The van der Waals surface area contributed by atoms with E-state index in [1.165, 1.54) is 0 Å². The molecule has 1 saturated heterocycles. The van der Waals surface area contributed by atoms with E-state index in [0.29, 0.717) is 0 Å². The normalized spacial score (nSPS) is 17.5. The number of aliphatic carboxylic acids is 1. The van der Waals surface area contributed by atoms with Crippen molar-refractivity contribution in [3.8, 4) is 5.75 Å². The Kier molecular flexibility index (Phi) is 5.44. The second kappa shape index (κ2) is 7.31. The van der Waals surface area contributed by atoms with Crippen LogP contribution in [0.15, 0.2) is 24.3 Å². The molecule has 1 aliphatic heterocycles. The molecule has 0 saturated carbocycles. The molecule has 0 aromatic heterocycles. The third-order valence-corrected chi connectivity index (χ3v) is 4.14. The first kappa shape index (κ1) is 15.6. The van der Waals surface area contributed by atoms with Crippen LogP contribution in [0.4, 0.5) is 5.69 Å². The van der Waals surface area contributed by atoms with Crippen LogP contribution in [-0.2, 0) is 4.79 Å². The Labute approximate surface area is 126 Å². The summed E-state index contributed by atoms with van der Waals surface area (Å²) in [4.78, 5) is 15.5. The highest BCUT2D eigenvalue weighted by atomic mass is 16.5. The number of benzene rings is 1. The van der Waals surface area contributed by atoms with E-state index >= 15 is 0 Å². The van der Waals surface area contributed by atoms with Crippen molar-refractivity contribution < 1.29 is 14.6 Å². The Balaban J connectivity index is 1.98. The smallest absolute Gasteiger partial charge is 0.304 e. The largest absolute Gasteiger partial charge is 0.495 e. The summed E-state index contributed by atoms with van der Waals surface area (Å²) in [7, 11) is 1.69.